The minimum absolute atomic E-state index is 0.108. The Morgan fingerprint density at radius 3 is 2.70 bits per heavy atom. The molecule has 0 bridgehead atoms. The van der Waals surface area contributed by atoms with Gasteiger partial charge in [-0.15, -0.1) is 0 Å². The van der Waals surface area contributed by atoms with Crippen LogP contribution in [-0.2, 0) is 11.2 Å². The van der Waals surface area contributed by atoms with Gasteiger partial charge < -0.3 is 20.1 Å². The molecule has 1 saturated heterocycles. The predicted molar refractivity (Wildman–Crippen MR) is 110 cm³/mol. The molecule has 156 valence electrons. The molecule has 1 amide bonds. The zero-order valence-corrected chi connectivity index (χ0v) is 17.0. The van der Waals surface area contributed by atoms with Gasteiger partial charge >= 0.3 is 0 Å². The molecule has 2 aliphatic heterocycles. The number of halogens is 2. The highest BCUT2D eigenvalue weighted by molar-refractivity contribution is 6.32. The summed E-state index contributed by atoms with van der Waals surface area (Å²) in [5, 5.41) is 22.9. The number of phenolic OH excluding ortho intramolecular Hbond substituents is 1. The minimum atomic E-state index is -0.718. The molecule has 2 aromatic rings. The molecular weight excluding hydrogens is 409 g/mol. The summed E-state index contributed by atoms with van der Waals surface area (Å²) in [6, 6.07) is 11.6. The summed E-state index contributed by atoms with van der Waals surface area (Å²) < 4.78 is 18.9. The first-order chi connectivity index (χ1) is 14.4. The maximum atomic E-state index is 13.1. The number of piperidine rings is 1. The Balaban J connectivity index is 1.39. The van der Waals surface area contributed by atoms with Gasteiger partial charge in [-0.3, -0.25) is 4.79 Å². The summed E-state index contributed by atoms with van der Waals surface area (Å²) in [4.78, 5) is 14.7. The van der Waals surface area contributed by atoms with E-state index in [9.17, 15) is 19.6 Å². The van der Waals surface area contributed by atoms with Gasteiger partial charge in [0.1, 0.15) is 17.3 Å². The number of amides is 1. The van der Waals surface area contributed by atoms with Gasteiger partial charge in [-0.05, 0) is 43.0 Å². The van der Waals surface area contributed by atoms with E-state index in [0.29, 0.717) is 50.3 Å². The van der Waals surface area contributed by atoms with Gasteiger partial charge in [0.25, 0.3) is 5.91 Å². The molecule has 1 atom stereocenters. The van der Waals surface area contributed by atoms with Gasteiger partial charge in [0.2, 0.25) is 0 Å². The van der Waals surface area contributed by atoms with E-state index in [2.05, 4.69) is 11.4 Å². The quantitative estimate of drug-likeness (QED) is 0.726. The van der Waals surface area contributed by atoms with Crippen LogP contribution in [0.5, 0.6) is 11.5 Å². The predicted octanol–water partition coefficient (Wildman–Crippen LogP) is 3.73. The first kappa shape index (κ1) is 20.3. The van der Waals surface area contributed by atoms with Gasteiger partial charge in [0.05, 0.1) is 28.7 Å². The van der Waals surface area contributed by atoms with Gasteiger partial charge in [-0.1, -0.05) is 23.7 Å². The van der Waals surface area contributed by atoms with Gasteiger partial charge in [-0.2, -0.15) is 5.26 Å². The van der Waals surface area contributed by atoms with E-state index in [4.69, 9.17) is 16.3 Å². The minimum Gasteiger partial charge on any atom is -0.506 e. The first-order valence-electron chi connectivity index (χ1n) is 9.77. The molecule has 2 N–H and O–H groups in total. The van der Waals surface area contributed by atoms with Crippen LogP contribution in [0.3, 0.4) is 0 Å². The van der Waals surface area contributed by atoms with Crippen LogP contribution in [0.1, 0.15) is 18.4 Å². The number of phenols is 1. The number of benzene rings is 2. The Labute approximate surface area is 178 Å². The highest BCUT2D eigenvalue weighted by atomic mass is 35.5. The second-order valence-electron chi connectivity index (χ2n) is 7.81. The van der Waals surface area contributed by atoms with Crippen LogP contribution in [0.4, 0.5) is 10.1 Å². The van der Waals surface area contributed by atoms with Crippen molar-refractivity contribution in [2.75, 3.05) is 25.0 Å². The zero-order valence-electron chi connectivity index (χ0n) is 16.2. The molecule has 0 radical (unpaired) electrons. The number of nitriles is 1. The van der Waals surface area contributed by atoms with E-state index in [1.165, 1.54) is 18.2 Å². The molecule has 30 heavy (non-hydrogen) atoms. The summed E-state index contributed by atoms with van der Waals surface area (Å²) >= 11 is 5.91. The van der Waals surface area contributed by atoms with Crippen molar-refractivity contribution in [2.45, 2.75) is 25.4 Å². The van der Waals surface area contributed by atoms with Crippen LogP contribution in [0.15, 0.2) is 36.4 Å². The number of hydrogen-bond donors (Lipinski definition) is 2. The van der Waals surface area contributed by atoms with Crippen molar-refractivity contribution < 1.29 is 19.0 Å². The van der Waals surface area contributed by atoms with Crippen LogP contribution in [0.25, 0.3) is 0 Å². The largest absolute Gasteiger partial charge is 0.506 e. The summed E-state index contributed by atoms with van der Waals surface area (Å²) in [6.45, 7) is 1.20. The maximum absolute atomic E-state index is 13.1. The molecule has 0 saturated carbocycles. The Hall–Kier alpha value is -2.98. The third-order valence-electron chi connectivity index (χ3n) is 5.80. The molecule has 8 heteroatoms. The van der Waals surface area contributed by atoms with Gasteiger partial charge in [0.15, 0.2) is 6.10 Å². The first-order valence-corrected chi connectivity index (χ1v) is 10.1. The molecule has 2 heterocycles. The number of nitrogens with one attached hydrogen (secondary N) is 1. The van der Waals surface area contributed by atoms with Crippen LogP contribution >= 0.6 is 11.6 Å². The van der Waals surface area contributed by atoms with Crippen LogP contribution in [0.2, 0.25) is 5.02 Å². The fraction of sp³-hybridized carbons (Fsp3) is 0.364. The molecule has 0 spiro atoms. The average molecular weight is 430 g/mol. The number of aromatic hydroxyl groups is 1. The monoisotopic (exact) mass is 429 g/mol. The lowest BCUT2D eigenvalue weighted by Gasteiger charge is -2.39. The van der Waals surface area contributed by atoms with E-state index in [1.54, 1.807) is 23.1 Å². The van der Waals surface area contributed by atoms with E-state index in [0.717, 1.165) is 5.56 Å². The number of ether oxygens (including phenoxy) is 1. The summed E-state index contributed by atoms with van der Waals surface area (Å²) in [5.74, 6) is -0.191. The topological polar surface area (TPSA) is 85.6 Å². The Morgan fingerprint density at radius 2 is 2.03 bits per heavy atom. The molecule has 1 fully saturated rings. The third-order valence-corrected chi connectivity index (χ3v) is 6.10. The SMILES string of the molecule is N#CC1(Cc2ccc(F)cc2)CCN(C(=O)C2CNc3cc(Cl)c(O)cc3O2)CC1. The fourth-order valence-electron chi connectivity index (χ4n) is 3.99. The molecule has 1 unspecified atom stereocenters. The van der Waals surface area contributed by atoms with E-state index in [1.807, 2.05) is 0 Å². The Kier molecular flexibility index (Phi) is 5.44. The third kappa shape index (κ3) is 4.01. The number of carbonyl (C=O) groups is 1. The van der Waals surface area contributed by atoms with Crippen molar-refractivity contribution in [1.82, 2.24) is 4.90 Å². The van der Waals surface area contributed by atoms with Crippen molar-refractivity contribution in [3.05, 3.63) is 52.8 Å². The number of nitrogens with zero attached hydrogens (tertiary/aromatic N) is 2. The maximum Gasteiger partial charge on any atom is 0.265 e. The number of anilines is 1. The molecule has 4 rings (SSSR count). The van der Waals surface area contributed by atoms with Crippen LogP contribution in [-0.4, -0.2) is 41.7 Å². The highest BCUT2D eigenvalue weighted by Crippen LogP contribution is 2.39. The van der Waals surface area contributed by atoms with Crippen molar-refractivity contribution in [2.24, 2.45) is 5.41 Å². The molecule has 6 nitrogen and oxygen atoms in total. The second-order valence-corrected chi connectivity index (χ2v) is 8.22. The van der Waals surface area contributed by atoms with Crippen LogP contribution in [0, 0.1) is 22.6 Å². The number of carbonyl (C=O) groups excluding carboxylic acids is 1. The van der Waals surface area contributed by atoms with Gasteiger partial charge in [-0.25, -0.2) is 4.39 Å². The number of fused-ring (bicyclic) bond motifs is 1. The summed E-state index contributed by atoms with van der Waals surface area (Å²) in [7, 11) is 0. The normalized spacial score (nSPS) is 19.8. The van der Waals surface area contributed by atoms with Crippen molar-refractivity contribution in [3.8, 4) is 17.6 Å². The lowest BCUT2D eigenvalue weighted by atomic mass is 9.75. The second kappa shape index (κ2) is 8.04. The highest BCUT2D eigenvalue weighted by Gasteiger charge is 2.39. The Morgan fingerprint density at radius 1 is 1.33 bits per heavy atom. The lowest BCUT2D eigenvalue weighted by Crippen LogP contribution is -2.51. The molecule has 0 aromatic heterocycles. The van der Waals surface area contributed by atoms with E-state index < -0.39 is 11.5 Å². The van der Waals surface area contributed by atoms with Crippen molar-refractivity contribution >= 4 is 23.2 Å². The van der Waals surface area contributed by atoms with Gasteiger partial charge in [0, 0.05) is 19.2 Å². The molecule has 0 aliphatic carbocycles. The number of likely N-dealkylation sites (tertiary alicyclic amines) is 1. The van der Waals surface area contributed by atoms with Crippen molar-refractivity contribution in [1.29, 1.82) is 5.26 Å². The van der Waals surface area contributed by atoms with Crippen molar-refractivity contribution in [3.63, 3.8) is 0 Å². The summed E-state index contributed by atoms with van der Waals surface area (Å²) in [5.41, 5.74) is 0.964. The molecular formula is C22H21ClFN3O3. The Bertz CT molecular complexity index is 998. The lowest BCUT2D eigenvalue weighted by molar-refractivity contribution is -0.140. The zero-order chi connectivity index (χ0) is 21.3. The summed E-state index contributed by atoms with van der Waals surface area (Å²) in [6.07, 6.45) is 0.893. The fourth-order valence-corrected chi connectivity index (χ4v) is 4.16. The molecule has 2 aliphatic rings. The number of hydrogen-bond acceptors (Lipinski definition) is 5. The van der Waals surface area contributed by atoms with E-state index in [-0.39, 0.29) is 22.5 Å². The van der Waals surface area contributed by atoms with Crippen LogP contribution < -0.4 is 10.1 Å². The smallest absolute Gasteiger partial charge is 0.265 e. The molecule has 2 aromatic carbocycles. The average Bonchev–Trinajstić information content (AvgIpc) is 2.76. The standard InChI is InChI=1S/C22H21ClFN3O3/c23-16-9-17-19(10-18(16)28)30-20(12-26-17)21(29)27-7-5-22(13-25,6-8-27)11-14-1-3-15(24)4-2-14/h1-4,9-10,20,26,28H,5-8,11-12H2. The van der Waals surface area contributed by atoms with E-state index >= 15 is 0 Å². The number of rotatable bonds is 3.